The van der Waals surface area contributed by atoms with Crippen LogP contribution in [0.25, 0.3) is 0 Å². The van der Waals surface area contributed by atoms with Crippen molar-refractivity contribution in [2.75, 3.05) is 6.61 Å². The number of fused-ring (bicyclic) bond motifs is 3. The molecule has 3 fully saturated rings. The van der Waals surface area contributed by atoms with E-state index < -0.39 is 23.6 Å². The van der Waals surface area contributed by atoms with Crippen LogP contribution in [-0.4, -0.2) is 36.4 Å². The molecule has 3 aliphatic rings. The molecule has 5 nitrogen and oxygen atoms in total. The Morgan fingerprint density at radius 3 is 3.06 bits per heavy atom. The molecule has 4 atom stereocenters. The molecule has 0 amide bonds. The molecule has 0 saturated carbocycles. The fourth-order valence-electron chi connectivity index (χ4n) is 2.89. The van der Waals surface area contributed by atoms with Gasteiger partial charge in [-0.25, -0.2) is 9.59 Å². The van der Waals surface area contributed by atoms with Crippen LogP contribution < -0.4 is 0 Å². The molecule has 3 heterocycles. The first-order valence-electron chi connectivity index (χ1n) is 5.74. The lowest BCUT2D eigenvalue weighted by molar-refractivity contribution is -0.182. The Labute approximate surface area is 98.7 Å². The molecule has 3 bridgehead atoms. The second kappa shape index (κ2) is 3.32. The summed E-state index contributed by atoms with van der Waals surface area (Å²) >= 11 is 0. The molecule has 3 saturated heterocycles. The molecule has 0 aromatic heterocycles. The Morgan fingerprint density at radius 1 is 1.59 bits per heavy atom. The van der Waals surface area contributed by atoms with E-state index in [1.54, 1.807) is 6.92 Å². The van der Waals surface area contributed by atoms with Crippen molar-refractivity contribution < 1.29 is 23.8 Å². The van der Waals surface area contributed by atoms with Crippen LogP contribution in [0.5, 0.6) is 0 Å². The molecule has 92 valence electrons. The van der Waals surface area contributed by atoms with Crippen molar-refractivity contribution in [1.29, 1.82) is 0 Å². The van der Waals surface area contributed by atoms with Crippen molar-refractivity contribution in [3.05, 3.63) is 12.2 Å². The molecule has 4 unspecified atom stereocenters. The predicted molar refractivity (Wildman–Crippen MR) is 56.0 cm³/mol. The third-order valence-electron chi connectivity index (χ3n) is 3.79. The molecule has 3 aliphatic heterocycles. The molecule has 0 N–H and O–H groups in total. The molecule has 0 aliphatic carbocycles. The van der Waals surface area contributed by atoms with E-state index in [4.69, 9.17) is 14.2 Å². The minimum atomic E-state index is -1.04. The summed E-state index contributed by atoms with van der Waals surface area (Å²) in [6.45, 7) is 5.53. The number of cyclic esters (lactones) is 1. The summed E-state index contributed by atoms with van der Waals surface area (Å²) < 4.78 is 16.1. The lowest BCUT2D eigenvalue weighted by Crippen LogP contribution is -2.53. The van der Waals surface area contributed by atoms with Gasteiger partial charge in [-0.2, -0.15) is 0 Å². The SMILES string of the molecule is C=C(C)C(=O)OC1CC2OC13CC2COC3=O. The second-order valence-electron chi connectivity index (χ2n) is 5.02. The van der Waals surface area contributed by atoms with Gasteiger partial charge in [0.2, 0.25) is 5.60 Å². The third kappa shape index (κ3) is 1.35. The Hall–Kier alpha value is -1.36. The van der Waals surface area contributed by atoms with Crippen molar-refractivity contribution in [3.8, 4) is 0 Å². The first kappa shape index (κ1) is 10.8. The normalized spacial score (nSPS) is 42.2. The Bertz CT molecular complexity index is 411. The van der Waals surface area contributed by atoms with E-state index in [1.165, 1.54) is 0 Å². The summed E-state index contributed by atoms with van der Waals surface area (Å²) in [6.07, 6.45) is 0.633. The molecule has 5 heteroatoms. The number of carbonyl (C=O) groups excluding carboxylic acids is 2. The highest BCUT2D eigenvalue weighted by atomic mass is 16.6. The zero-order valence-electron chi connectivity index (χ0n) is 9.60. The van der Waals surface area contributed by atoms with E-state index >= 15 is 0 Å². The predicted octanol–water partition coefficient (Wildman–Crippen LogP) is 0.579. The van der Waals surface area contributed by atoms with Crippen molar-refractivity contribution in [2.24, 2.45) is 5.92 Å². The molecular weight excluding hydrogens is 224 g/mol. The number of carbonyl (C=O) groups is 2. The highest BCUT2D eigenvalue weighted by molar-refractivity contribution is 5.88. The fourth-order valence-corrected chi connectivity index (χ4v) is 2.89. The average Bonchev–Trinajstić information content (AvgIpc) is 2.77. The zero-order valence-corrected chi connectivity index (χ0v) is 9.60. The summed E-state index contributed by atoms with van der Waals surface area (Å²) in [6, 6.07) is 0. The summed E-state index contributed by atoms with van der Waals surface area (Å²) in [7, 11) is 0. The lowest BCUT2D eigenvalue weighted by Gasteiger charge is -2.35. The van der Waals surface area contributed by atoms with Crippen LogP contribution in [0.3, 0.4) is 0 Å². The first-order chi connectivity index (χ1) is 8.03. The van der Waals surface area contributed by atoms with Crippen LogP contribution in [0.2, 0.25) is 0 Å². The molecule has 0 aromatic rings. The van der Waals surface area contributed by atoms with E-state index in [-0.39, 0.29) is 12.0 Å². The maximum atomic E-state index is 11.8. The van der Waals surface area contributed by atoms with Gasteiger partial charge in [-0.3, -0.25) is 0 Å². The van der Waals surface area contributed by atoms with E-state index in [9.17, 15) is 9.59 Å². The molecule has 0 radical (unpaired) electrons. The van der Waals surface area contributed by atoms with E-state index in [1.807, 2.05) is 0 Å². The topological polar surface area (TPSA) is 61.8 Å². The average molecular weight is 238 g/mol. The standard InChI is InChI=1S/C12H14O5/c1-6(2)10(13)16-9-3-8-7-4-12(9,17-8)11(14)15-5-7/h7-9H,1,3-5H2,2H3. The highest BCUT2D eigenvalue weighted by Gasteiger charge is 2.67. The fraction of sp³-hybridized carbons (Fsp3) is 0.667. The zero-order chi connectivity index (χ0) is 12.2. The van der Waals surface area contributed by atoms with Gasteiger partial charge in [0.25, 0.3) is 0 Å². The molecule has 0 aromatic carbocycles. The van der Waals surface area contributed by atoms with Crippen LogP contribution in [-0.2, 0) is 23.8 Å². The first-order valence-corrected chi connectivity index (χ1v) is 5.74. The van der Waals surface area contributed by atoms with Crippen LogP contribution in [0.4, 0.5) is 0 Å². The van der Waals surface area contributed by atoms with Crippen molar-refractivity contribution in [1.82, 2.24) is 0 Å². The Kier molecular flexibility index (Phi) is 2.10. The van der Waals surface area contributed by atoms with Crippen LogP contribution >= 0.6 is 0 Å². The van der Waals surface area contributed by atoms with Gasteiger partial charge in [0.1, 0.15) is 6.10 Å². The number of rotatable bonds is 2. The molecule has 3 rings (SSSR count). The van der Waals surface area contributed by atoms with Crippen molar-refractivity contribution >= 4 is 11.9 Å². The van der Waals surface area contributed by atoms with Crippen molar-refractivity contribution in [3.63, 3.8) is 0 Å². The molecular formula is C12H14O5. The minimum Gasteiger partial charge on any atom is -0.463 e. The summed E-state index contributed by atoms with van der Waals surface area (Å²) in [4.78, 5) is 23.3. The van der Waals surface area contributed by atoms with Gasteiger partial charge >= 0.3 is 11.9 Å². The number of esters is 2. The summed E-state index contributed by atoms with van der Waals surface area (Å²) in [5, 5.41) is 0. The van der Waals surface area contributed by atoms with Gasteiger partial charge in [-0.15, -0.1) is 0 Å². The maximum absolute atomic E-state index is 11.8. The molecule has 17 heavy (non-hydrogen) atoms. The van der Waals surface area contributed by atoms with E-state index in [2.05, 4.69) is 6.58 Å². The van der Waals surface area contributed by atoms with Crippen LogP contribution in [0, 0.1) is 5.92 Å². The van der Waals surface area contributed by atoms with Gasteiger partial charge in [-0.1, -0.05) is 6.58 Å². The van der Waals surface area contributed by atoms with Gasteiger partial charge in [0.15, 0.2) is 0 Å². The summed E-state index contributed by atoms with van der Waals surface area (Å²) in [5.74, 6) is -0.615. The summed E-state index contributed by atoms with van der Waals surface area (Å²) in [5.41, 5.74) is -0.719. The molecule has 1 spiro atoms. The van der Waals surface area contributed by atoms with Crippen LogP contribution in [0.15, 0.2) is 12.2 Å². The van der Waals surface area contributed by atoms with Gasteiger partial charge < -0.3 is 14.2 Å². The Balaban J connectivity index is 1.83. The largest absolute Gasteiger partial charge is 0.463 e. The van der Waals surface area contributed by atoms with Gasteiger partial charge in [0.05, 0.1) is 12.7 Å². The smallest absolute Gasteiger partial charge is 0.342 e. The number of hydrogen-bond donors (Lipinski definition) is 0. The third-order valence-corrected chi connectivity index (χ3v) is 3.79. The number of ether oxygens (including phenoxy) is 3. The second-order valence-corrected chi connectivity index (χ2v) is 5.02. The lowest BCUT2D eigenvalue weighted by atomic mass is 9.78. The highest BCUT2D eigenvalue weighted by Crippen LogP contribution is 2.51. The maximum Gasteiger partial charge on any atom is 0.342 e. The van der Waals surface area contributed by atoms with Crippen molar-refractivity contribution in [2.45, 2.75) is 37.6 Å². The Morgan fingerprint density at radius 2 is 2.35 bits per heavy atom. The van der Waals surface area contributed by atoms with E-state index in [0.29, 0.717) is 25.0 Å². The monoisotopic (exact) mass is 238 g/mol. The minimum absolute atomic E-state index is 0.0237. The van der Waals surface area contributed by atoms with Crippen LogP contribution in [0.1, 0.15) is 19.8 Å². The number of hydrogen-bond acceptors (Lipinski definition) is 5. The quantitative estimate of drug-likeness (QED) is 0.520. The van der Waals surface area contributed by atoms with Gasteiger partial charge in [0, 0.05) is 17.9 Å². The van der Waals surface area contributed by atoms with E-state index in [0.717, 1.165) is 0 Å². The van der Waals surface area contributed by atoms with Gasteiger partial charge in [-0.05, 0) is 13.3 Å².